The largest absolute Gasteiger partial charge is 0.493 e. The second-order valence-corrected chi connectivity index (χ2v) is 9.74. The van der Waals surface area contributed by atoms with Gasteiger partial charge in [-0.15, -0.1) is 0 Å². The highest BCUT2D eigenvalue weighted by Crippen LogP contribution is 2.28. The van der Waals surface area contributed by atoms with Crippen LogP contribution >= 0.6 is 0 Å². The first-order chi connectivity index (χ1) is 15.8. The van der Waals surface area contributed by atoms with Crippen molar-refractivity contribution in [2.45, 2.75) is 43.2 Å². The average molecular weight is 475 g/mol. The molecule has 1 aromatic carbocycles. The molecule has 12 heteroatoms. The van der Waals surface area contributed by atoms with Crippen molar-refractivity contribution in [2.75, 3.05) is 25.4 Å². The topological polar surface area (TPSA) is 157 Å². The molecule has 4 rings (SSSR count). The van der Waals surface area contributed by atoms with Crippen molar-refractivity contribution < 1.29 is 22.7 Å². The highest BCUT2D eigenvalue weighted by molar-refractivity contribution is 7.89. The van der Waals surface area contributed by atoms with Gasteiger partial charge in [0.15, 0.2) is 0 Å². The number of sulfonamides is 1. The molecule has 0 spiro atoms. The molecule has 3 heterocycles. The Hall–Kier alpha value is -3.25. The number of nitrogen functional groups attached to an aromatic ring is 1. The molecule has 1 aromatic heterocycles. The zero-order valence-electron chi connectivity index (χ0n) is 18.0. The Labute approximate surface area is 191 Å². The van der Waals surface area contributed by atoms with Gasteiger partial charge in [-0.2, -0.15) is 4.72 Å². The average Bonchev–Trinajstić information content (AvgIpc) is 3.21. The van der Waals surface area contributed by atoms with E-state index < -0.39 is 22.0 Å². The number of nitrogens with two attached hydrogens (primary N) is 1. The molecule has 2 aliphatic heterocycles. The number of carbonyl (C=O) groups is 2. The number of likely N-dealkylation sites (tertiary alicyclic amines) is 1. The maximum atomic E-state index is 13.1. The number of anilines is 1. The number of hydrogen-bond acceptors (Lipinski definition) is 8. The van der Waals surface area contributed by atoms with Gasteiger partial charge in [-0.05, 0) is 43.0 Å². The summed E-state index contributed by atoms with van der Waals surface area (Å²) in [5, 5.41) is 2.72. The third-order valence-electron chi connectivity index (χ3n) is 5.60. The van der Waals surface area contributed by atoms with Crippen molar-refractivity contribution in [1.82, 2.24) is 24.9 Å². The van der Waals surface area contributed by atoms with Crippen molar-refractivity contribution in [3.05, 3.63) is 41.7 Å². The van der Waals surface area contributed by atoms with Crippen LogP contribution in [0.2, 0.25) is 0 Å². The number of aromatic nitrogens is 2. The van der Waals surface area contributed by atoms with Gasteiger partial charge in [-0.3, -0.25) is 9.59 Å². The van der Waals surface area contributed by atoms with Gasteiger partial charge in [0.2, 0.25) is 27.8 Å². The molecule has 1 saturated heterocycles. The predicted molar refractivity (Wildman–Crippen MR) is 118 cm³/mol. The monoisotopic (exact) mass is 474 g/mol. The highest BCUT2D eigenvalue weighted by Gasteiger charge is 2.32. The lowest BCUT2D eigenvalue weighted by molar-refractivity contribution is -0.136. The molecular formula is C21H26N6O5S. The van der Waals surface area contributed by atoms with Crippen LogP contribution in [0, 0.1) is 0 Å². The Balaban J connectivity index is 1.38. The standard InChI is InChI=1S/C21H26N6O5S/c22-21-24-11-14(12-25-21)10-23-19(28)13-27-7-2-1-3-17(20(27)29)26-33(30,31)16-4-5-18-15(9-16)6-8-32-18/h4-5,9,11-12,17,26H,1-3,6-8,10,13H2,(H,23,28)(H2,22,24,25). The molecule has 11 nitrogen and oxygen atoms in total. The third kappa shape index (κ3) is 5.57. The molecule has 2 aliphatic rings. The number of nitrogens with zero attached hydrogens (tertiary/aromatic N) is 3. The number of hydrogen-bond donors (Lipinski definition) is 3. The fourth-order valence-electron chi connectivity index (χ4n) is 3.84. The number of benzene rings is 1. The van der Waals surface area contributed by atoms with Crippen LogP contribution in [0.3, 0.4) is 0 Å². The molecule has 33 heavy (non-hydrogen) atoms. The zero-order chi connectivity index (χ0) is 23.4. The minimum absolute atomic E-state index is 0.0961. The number of nitrogens with one attached hydrogen (secondary N) is 2. The number of ether oxygens (including phenoxy) is 1. The van der Waals surface area contributed by atoms with Gasteiger partial charge in [-0.1, -0.05) is 0 Å². The second-order valence-electron chi connectivity index (χ2n) is 8.02. The first kappa shape index (κ1) is 22.9. The van der Waals surface area contributed by atoms with Crippen LogP contribution in [-0.2, 0) is 32.6 Å². The SMILES string of the molecule is Nc1ncc(CNC(=O)CN2CCCCC(NS(=O)(=O)c3ccc4c(c3)CCO4)C2=O)cn1. The van der Waals surface area contributed by atoms with Gasteiger partial charge in [0.1, 0.15) is 11.8 Å². The van der Waals surface area contributed by atoms with Crippen LogP contribution in [0.5, 0.6) is 5.75 Å². The molecule has 0 aliphatic carbocycles. The predicted octanol–water partition coefficient (Wildman–Crippen LogP) is -0.0305. The van der Waals surface area contributed by atoms with Gasteiger partial charge in [0, 0.05) is 37.5 Å². The van der Waals surface area contributed by atoms with Gasteiger partial charge < -0.3 is 20.7 Å². The first-order valence-corrected chi connectivity index (χ1v) is 12.2. The van der Waals surface area contributed by atoms with Crippen molar-refractivity contribution in [2.24, 2.45) is 0 Å². The zero-order valence-corrected chi connectivity index (χ0v) is 18.8. The summed E-state index contributed by atoms with van der Waals surface area (Å²) in [7, 11) is -3.91. The van der Waals surface area contributed by atoms with Gasteiger partial charge in [0.05, 0.1) is 18.0 Å². The molecule has 1 unspecified atom stereocenters. The molecule has 0 saturated carbocycles. The Morgan fingerprint density at radius 2 is 2.03 bits per heavy atom. The smallest absolute Gasteiger partial charge is 0.241 e. The van der Waals surface area contributed by atoms with Crippen molar-refractivity contribution in [1.29, 1.82) is 0 Å². The molecule has 1 fully saturated rings. The van der Waals surface area contributed by atoms with Crippen LogP contribution in [0.4, 0.5) is 5.95 Å². The van der Waals surface area contributed by atoms with E-state index in [1.54, 1.807) is 12.1 Å². The normalized spacial score (nSPS) is 18.4. The van der Waals surface area contributed by atoms with E-state index in [0.717, 1.165) is 5.56 Å². The quantitative estimate of drug-likeness (QED) is 0.505. The minimum atomic E-state index is -3.91. The Bertz CT molecular complexity index is 1140. The number of carbonyl (C=O) groups excluding carboxylic acids is 2. The summed E-state index contributed by atoms with van der Waals surface area (Å²) >= 11 is 0. The van der Waals surface area contributed by atoms with Crippen LogP contribution in [0.1, 0.15) is 30.4 Å². The van der Waals surface area contributed by atoms with Crippen molar-refractivity contribution in [3.8, 4) is 5.75 Å². The third-order valence-corrected chi connectivity index (χ3v) is 7.07. The van der Waals surface area contributed by atoms with Gasteiger partial charge >= 0.3 is 0 Å². The Morgan fingerprint density at radius 3 is 2.82 bits per heavy atom. The summed E-state index contributed by atoms with van der Waals surface area (Å²) in [6, 6.07) is 3.76. The van der Waals surface area contributed by atoms with Gasteiger partial charge in [0.25, 0.3) is 0 Å². The Kier molecular flexibility index (Phi) is 6.75. The van der Waals surface area contributed by atoms with Crippen molar-refractivity contribution >= 4 is 27.8 Å². The van der Waals surface area contributed by atoms with Crippen LogP contribution in [0.25, 0.3) is 0 Å². The van der Waals surface area contributed by atoms with E-state index in [1.807, 2.05) is 0 Å². The van der Waals surface area contributed by atoms with E-state index in [1.165, 1.54) is 23.4 Å². The van der Waals surface area contributed by atoms with E-state index in [9.17, 15) is 18.0 Å². The van der Waals surface area contributed by atoms with E-state index in [4.69, 9.17) is 10.5 Å². The lowest BCUT2D eigenvalue weighted by atomic mass is 10.1. The summed E-state index contributed by atoms with van der Waals surface area (Å²) in [6.07, 6.45) is 5.38. The van der Waals surface area contributed by atoms with Crippen LogP contribution in [-0.4, -0.2) is 60.8 Å². The minimum Gasteiger partial charge on any atom is -0.493 e. The first-order valence-electron chi connectivity index (χ1n) is 10.7. The fraction of sp³-hybridized carbons (Fsp3) is 0.429. The van der Waals surface area contributed by atoms with Crippen LogP contribution in [0.15, 0.2) is 35.5 Å². The Morgan fingerprint density at radius 1 is 1.24 bits per heavy atom. The number of fused-ring (bicyclic) bond motifs is 1. The second kappa shape index (κ2) is 9.71. The van der Waals surface area contributed by atoms with Crippen molar-refractivity contribution in [3.63, 3.8) is 0 Å². The lowest BCUT2D eigenvalue weighted by Crippen LogP contribution is -2.49. The summed E-state index contributed by atoms with van der Waals surface area (Å²) in [4.78, 5) is 34.7. The van der Waals surface area contributed by atoms with E-state index >= 15 is 0 Å². The summed E-state index contributed by atoms with van der Waals surface area (Å²) < 4.78 is 33.9. The molecule has 2 amide bonds. The molecule has 0 radical (unpaired) electrons. The summed E-state index contributed by atoms with van der Waals surface area (Å²) in [6.45, 7) is 0.934. The maximum Gasteiger partial charge on any atom is 0.241 e. The van der Waals surface area contributed by atoms with Crippen LogP contribution < -0.4 is 20.5 Å². The lowest BCUT2D eigenvalue weighted by Gasteiger charge is -2.24. The van der Waals surface area contributed by atoms with E-state index in [2.05, 4.69) is 20.0 Å². The molecule has 176 valence electrons. The molecule has 2 aromatic rings. The molecular weight excluding hydrogens is 448 g/mol. The number of rotatable bonds is 7. The van der Waals surface area contributed by atoms with Gasteiger partial charge in [-0.25, -0.2) is 18.4 Å². The highest BCUT2D eigenvalue weighted by atomic mass is 32.2. The molecule has 1 atom stereocenters. The van der Waals surface area contributed by atoms with E-state index in [-0.39, 0.29) is 29.8 Å². The maximum absolute atomic E-state index is 13.1. The molecule has 0 bridgehead atoms. The summed E-state index contributed by atoms with van der Waals surface area (Å²) in [5.41, 5.74) is 6.95. The summed E-state index contributed by atoms with van der Waals surface area (Å²) in [5.74, 6) is 0.0537. The molecule has 4 N–H and O–H groups in total. The van der Waals surface area contributed by atoms with E-state index in [0.29, 0.717) is 50.1 Å². The number of amides is 2. The fourth-order valence-corrected chi connectivity index (χ4v) is 5.12.